The first-order chi connectivity index (χ1) is 11.6. The molecule has 1 amide bonds. The van der Waals surface area contributed by atoms with Crippen molar-refractivity contribution in [2.24, 2.45) is 0 Å². The summed E-state index contributed by atoms with van der Waals surface area (Å²) >= 11 is 1.63. The maximum Gasteiger partial charge on any atom is 0.255 e. The summed E-state index contributed by atoms with van der Waals surface area (Å²) in [5.74, 6) is 1.44. The van der Waals surface area contributed by atoms with E-state index in [1.807, 2.05) is 28.7 Å². The highest BCUT2D eigenvalue weighted by Gasteiger charge is 2.45. The van der Waals surface area contributed by atoms with E-state index >= 15 is 0 Å². The van der Waals surface area contributed by atoms with Gasteiger partial charge in [0.05, 0.1) is 12.0 Å². The second kappa shape index (κ2) is 6.29. The van der Waals surface area contributed by atoms with Gasteiger partial charge in [-0.15, -0.1) is 0 Å². The minimum atomic E-state index is -0.133. The number of aromatic nitrogens is 2. The molecule has 2 aromatic rings. The normalized spacial score (nSPS) is 23.0. The Bertz CT molecular complexity index is 704. The van der Waals surface area contributed by atoms with Gasteiger partial charge >= 0.3 is 0 Å². The first-order valence-corrected chi connectivity index (χ1v) is 9.35. The number of hydrogen-bond donors (Lipinski definition) is 0. The van der Waals surface area contributed by atoms with E-state index < -0.39 is 0 Å². The van der Waals surface area contributed by atoms with Crippen molar-refractivity contribution in [3.63, 3.8) is 0 Å². The molecule has 0 N–H and O–H groups in total. The van der Waals surface area contributed by atoms with Gasteiger partial charge in [-0.3, -0.25) is 4.79 Å². The molecule has 4 rings (SSSR count). The number of aryl methyl sites for hydroxylation is 1. The second-order valence-electron chi connectivity index (χ2n) is 6.70. The molecule has 7 heteroatoms. The highest BCUT2D eigenvalue weighted by molar-refractivity contribution is 7.07. The van der Waals surface area contributed by atoms with Crippen LogP contribution in [0.5, 0.6) is 0 Å². The largest absolute Gasteiger partial charge is 0.362 e. The third kappa shape index (κ3) is 3.10. The van der Waals surface area contributed by atoms with Gasteiger partial charge in [-0.1, -0.05) is 5.16 Å². The Morgan fingerprint density at radius 2 is 2.25 bits per heavy atom. The van der Waals surface area contributed by atoms with E-state index in [-0.39, 0.29) is 17.6 Å². The molecule has 2 aliphatic rings. The average Bonchev–Trinajstić information content (AvgIpc) is 3.30. The topological polar surface area (TPSA) is 68.5 Å². The lowest BCUT2D eigenvalue weighted by molar-refractivity contribution is -0.137. The molecule has 0 bridgehead atoms. The van der Waals surface area contributed by atoms with Crippen LogP contribution in [0, 0.1) is 6.92 Å². The Morgan fingerprint density at radius 1 is 1.42 bits per heavy atom. The van der Waals surface area contributed by atoms with E-state index in [9.17, 15) is 4.79 Å². The van der Waals surface area contributed by atoms with Crippen LogP contribution in [-0.4, -0.2) is 39.6 Å². The van der Waals surface area contributed by atoms with Crippen LogP contribution in [0.1, 0.15) is 49.1 Å². The molecule has 2 saturated heterocycles. The minimum Gasteiger partial charge on any atom is -0.362 e. The van der Waals surface area contributed by atoms with Crippen LogP contribution >= 0.6 is 11.3 Å². The second-order valence-corrected chi connectivity index (χ2v) is 7.48. The van der Waals surface area contributed by atoms with E-state index in [2.05, 4.69) is 10.1 Å². The molecule has 2 fully saturated rings. The Hall–Kier alpha value is -1.73. The molecule has 24 heavy (non-hydrogen) atoms. The lowest BCUT2D eigenvalue weighted by Gasteiger charge is -2.39. The third-order valence-electron chi connectivity index (χ3n) is 5.04. The fourth-order valence-electron chi connectivity index (χ4n) is 3.64. The Balaban J connectivity index is 1.33. The number of likely N-dealkylation sites (tertiary alicyclic amines) is 1. The number of carbonyl (C=O) groups is 1. The molecule has 128 valence electrons. The summed E-state index contributed by atoms with van der Waals surface area (Å²) < 4.78 is 11.5. The number of ether oxygens (including phenoxy) is 1. The van der Waals surface area contributed by atoms with Gasteiger partial charge in [0.1, 0.15) is 6.10 Å². The molecule has 1 spiro atoms. The summed E-state index contributed by atoms with van der Waals surface area (Å²) in [5.41, 5.74) is 0.973. The van der Waals surface area contributed by atoms with Gasteiger partial charge in [-0.2, -0.15) is 16.3 Å². The Labute approximate surface area is 144 Å². The molecule has 0 saturated carbocycles. The summed E-state index contributed by atoms with van der Waals surface area (Å²) in [6.45, 7) is 3.34. The summed E-state index contributed by atoms with van der Waals surface area (Å²) in [7, 11) is 0. The monoisotopic (exact) mass is 347 g/mol. The van der Waals surface area contributed by atoms with Gasteiger partial charge in [0.25, 0.3) is 5.89 Å². The van der Waals surface area contributed by atoms with Crippen molar-refractivity contribution in [2.45, 2.75) is 50.7 Å². The van der Waals surface area contributed by atoms with Crippen LogP contribution in [0.3, 0.4) is 0 Å². The van der Waals surface area contributed by atoms with Gasteiger partial charge in [0, 0.05) is 13.1 Å². The number of hydrogen-bond acceptors (Lipinski definition) is 6. The minimum absolute atomic E-state index is 0.0979. The molecular weight excluding hydrogens is 326 g/mol. The first-order valence-electron chi connectivity index (χ1n) is 8.40. The predicted molar refractivity (Wildman–Crippen MR) is 88.7 cm³/mol. The number of piperidine rings is 1. The summed E-state index contributed by atoms with van der Waals surface area (Å²) in [6, 6.07) is 2.02. The number of rotatable bonds is 3. The fourth-order valence-corrected chi connectivity index (χ4v) is 4.31. The first kappa shape index (κ1) is 15.8. The molecule has 6 nitrogen and oxygen atoms in total. The molecular formula is C17H21N3O3S. The maximum atomic E-state index is 12.4. The molecule has 2 aliphatic heterocycles. The van der Waals surface area contributed by atoms with Crippen LogP contribution < -0.4 is 0 Å². The van der Waals surface area contributed by atoms with Gasteiger partial charge in [-0.05, 0) is 55.0 Å². The fraction of sp³-hybridized carbons (Fsp3) is 0.588. The van der Waals surface area contributed by atoms with Crippen molar-refractivity contribution in [3.05, 3.63) is 34.1 Å². The number of carbonyl (C=O) groups excluding carboxylic acids is 1. The molecule has 0 radical (unpaired) electrons. The number of amides is 1. The zero-order chi connectivity index (χ0) is 16.6. The smallest absolute Gasteiger partial charge is 0.255 e. The molecule has 0 aromatic carbocycles. The van der Waals surface area contributed by atoms with Gasteiger partial charge in [0.2, 0.25) is 5.91 Å². The van der Waals surface area contributed by atoms with E-state index in [0.717, 1.165) is 44.3 Å². The zero-order valence-corrected chi connectivity index (χ0v) is 14.6. The average molecular weight is 347 g/mol. The molecule has 2 aromatic heterocycles. The van der Waals surface area contributed by atoms with Crippen molar-refractivity contribution >= 4 is 17.2 Å². The lowest BCUT2D eigenvalue weighted by atomic mass is 9.88. The zero-order valence-electron chi connectivity index (χ0n) is 13.7. The lowest BCUT2D eigenvalue weighted by Crippen LogP contribution is -2.46. The van der Waals surface area contributed by atoms with Gasteiger partial charge in [0.15, 0.2) is 5.82 Å². The van der Waals surface area contributed by atoms with Gasteiger partial charge in [-0.25, -0.2) is 0 Å². The SMILES string of the molecule is Cc1noc([C@@H]2CCC3(CCN(C(=O)Cc4ccsc4)CC3)O2)n1. The van der Waals surface area contributed by atoms with Crippen molar-refractivity contribution in [3.8, 4) is 0 Å². The summed E-state index contributed by atoms with van der Waals surface area (Å²) in [6.07, 6.45) is 4.06. The van der Waals surface area contributed by atoms with Crippen molar-refractivity contribution < 1.29 is 14.1 Å². The molecule has 4 heterocycles. The molecule has 1 atom stereocenters. The molecule has 0 aliphatic carbocycles. The van der Waals surface area contributed by atoms with Crippen LogP contribution in [0.15, 0.2) is 21.3 Å². The van der Waals surface area contributed by atoms with Crippen LogP contribution in [0.4, 0.5) is 0 Å². The highest BCUT2D eigenvalue weighted by atomic mass is 32.1. The third-order valence-corrected chi connectivity index (χ3v) is 5.77. The Morgan fingerprint density at radius 3 is 2.92 bits per heavy atom. The summed E-state index contributed by atoms with van der Waals surface area (Å²) in [4.78, 5) is 18.7. The summed E-state index contributed by atoms with van der Waals surface area (Å²) in [5, 5.41) is 7.90. The van der Waals surface area contributed by atoms with Crippen LogP contribution in [0.2, 0.25) is 0 Å². The number of nitrogens with zero attached hydrogens (tertiary/aromatic N) is 3. The van der Waals surface area contributed by atoms with E-state index in [4.69, 9.17) is 9.26 Å². The number of thiophene rings is 1. The van der Waals surface area contributed by atoms with Crippen molar-refractivity contribution in [1.82, 2.24) is 15.0 Å². The molecule has 0 unspecified atom stereocenters. The maximum absolute atomic E-state index is 12.4. The highest BCUT2D eigenvalue weighted by Crippen LogP contribution is 2.44. The van der Waals surface area contributed by atoms with Crippen molar-refractivity contribution in [1.29, 1.82) is 0 Å². The van der Waals surface area contributed by atoms with E-state index in [0.29, 0.717) is 18.1 Å². The van der Waals surface area contributed by atoms with Crippen LogP contribution in [0.25, 0.3) is 0 Å². The van der Waals surface area contributed by atoms with E-state index in [1.165, 1.54) is 0 Å². The standard InChI is InChI=1S/C17H21N3O3S/c1-12-18-16(23-19-12)14-2-4-17(22-14)5-7-20(8-6-17)15(21)10-13-3-9-24-11-13/h3,9,11,14H,2,4-8,10H2,1H3/t14-/m0/s1. The van der Waals surface area contributed by atoms with Crippen LogP contribution in [-0.2, 0) is 16.0 Å². The van der Waals surface area contributed by atoms with Crippen molar-refractivity contribution in [2.75, 3.05) is 13.1 Å². The Kier molecular flexibility index (Phi) is 4.14. The quantitative estimate of drug-likeness (QED) is 0.854. The predicted octanol–water partition coefficient (Wildman–Crippen LogP) is 2.89. The van der Waals surface area contributed by atoms with Gasteiger partial charge < -0.3 is 14.2 Å². The van der Waals surface area contributed by atoms with E-state index in [1.54, 1.807) is 11.3 Å².